The van der Waals surface area contributed by atoms with E-state index in [-0.39, 0.29) is 24.8 Å². The van der Waals surface area contributed by atoms with Gasteiger partial charge in [0.1, 0.15) is 11.8 Å². The molecule has 8 heteroatoms. The van der Waals surface area contributed by atoms with E-state index in [0.29, 0.717) is 38.6 Å². The molecule has 30 heavy (non-hydrogen) atoms. The van der Waals surface area contributed by atoms with Gasteiger partial charge in [0.15, 0.2) is 0 Å². The average Bonchev–Trinajstić information content (AvgIpc) is 2.72. The normalized spacial score (nSPS) is 16.2. The second-order valence-corrected chi connectivity index (χ2v) is 7.73. The highest BCUT2D eigenvalue weighted by atomic mass is 16.5. The van der Waals surface area contributed by atoms with Crippen molar-refractivity contribution in [3.63, 3.8) is 0 Å². The van der Waals surface area contributed by atoms with Gasteiger partial charge < -0.3 is 25.0 Å². The zero-order valence-electron chi connectivity index (χ0n) is 18.1. The molecule has 0 aliphatic carbocycles. The molecule has 8 nitrogen and oxygen atoms in total. The molecule has 1 fully saturated rings. The summed E-state index contributed by atoms with van der Waals surface area (Å²) in [4.78, 5) is 38.4. The number of ether oxygens (including phenoxy) is 2. The fourth-order valence-electron chi connectivity index (χ4n) is 3.04. The van der Waals surface area contributed by atoms with Gasteiger partial charge in [0, 0.05) is 24.8 Å². The minimum atomic E-state index is -0.844. The number of anilines is 1. The van der Waals surface area contributed by atoms with Crippen molar-refractivity contribution in [1.29, 1.82) is 0 Å². The summed E-state index contributed by atoms with van der Waals surface area (Å²) in [7, 11) is 0. The molecule has 1 aromatic carbocycles. The van der Waals surface area contributed by atoms with Crippen molar-refractivity contribution in [2.24, 2.45) is 5.92 Å². The van der Waals surface area contributed by atoms with Crippen LogP contribution in [0, 0.1) is 5.92 Å². The summed E-state index contributed by atoms with van der Waals surface area (Å²) in [5, 5.41) is 5.79. The molecule has 1 aliphatic rings. The molecule has 1 saturated heterocycles. The summed E-state index contributed by atoms with van der Waals surface area (Å²) in [6, 6.07) is 6.59. The first-order chi connectivity index (χ1) is 14.4. The van der Waals surface area contributed by atoms with Gasteiger partial charge in [0.25, 0.3) is 0 Å². The number of hydrogen-bond donors (Lipinski definition) is 2. The van der Waals surface area contributed by atoms with Crippen molar-refractivity contribution in [2.75, 3.05) is 38.2 Å². The number of piperazine rings is 1. The van der Waals surface area contributed by atoms with Crippen LogP contribution < -0.4 is 15.4 Å². The van der Waals surface area contributed by atoms with Crippen molar-refractivity contribution in [3.8, 4) is 5.75 Å². The van der Waals surface area contributed by atoms with Gasteiger partial charge in [-0.2, -0.15) is 0 Å². The molecule has 1 aromatic rings. The Hall–Kier alpha value is -2.77. The molecule has 1 aliphatic heterocycles. The summed E-state index contributed by atoms with van der Waals surface area (Å²) >= 11 is 0. The van der Waals surface area contributed by atoms with Crippen LogP contribution in [0.5, 0.6) is 5.75 Å². The number of rotatable bonds is 11. The predicted octanol–water partition coefficient (Wildman–Crippen LogP) is 2.19. The lowest BCUT2D eigenvalue weighted by Crippen LogP contribution is -2.58. The molecule has 166 valence electrons. The zero-order valence-corrected chi connectivity index (χ0v) is 18.1. The van der Waals surface area contributed by atoms with Gasteiger partial charge in [-0.25, -0.2) is 0 Å². The number of carbonyl (C=O) groups is 3. The second kappa shape index (κ2) is 12.0. The summed E-state index contributed by atoms with van der Waals surface area (Å²) in [6.07, 6.45) is 1.53. The highest BCUT2D eigenvalue weighted by Crippen LogP contribution is 2.18. The van der Waals surface area contributed by atoms with E-state index in [1.165, 1.54) is 4.90 Å². The van der Waals surface area contributed by atoms with Gasteiger partial charge >= 0.3 is 5.97 Å². The Morgan fingerprint density at radius 3 is 2.83 bits per heavy atom. The van der Waals surface area contributed by atoms with E-state index in [4.69, 9.17) is 9.47 Å². The second-order valence-electron chi connectivity index (χ2n) is 7.73. The van der Waals surface area contributed by atoms with E-state index in [2.05, 4.69) is 24.5 Å². The molecule has 0 radical (unpaired) electrons. The van der Waals surface area contributed by atoms with Crippen molar-refractivity contribution in [1.82, 2.24) is 10.2 Å². The first kappa shape index (κ1) is 23.5. The van der Waals surface area contributed by atoms with Crippen LogP contribution in [-0.4, -0.2) is 61.6 Å². The molecule has 0 aromatic heterocycles. The van der Waals surface area contributed by atoms with E-state index in [9.17, 15) is 14.4 Å². The maximum absolute atomic E-state index is 12.8. The minimum Gasteiger partial charge on any atom is -0.494 e. The fourth-order valence-corrected chi connectivity index (χ4v) is 3.04. The third kappa shape index (κ3) is 7.57. The van der Waals surface area contributed by atoms with E-state index >= 15 is 0 Å². The summed E-state index contributed by atoms with van der Waals surface area (Å²) in [6.45, 7) is 7.86. The fraction of sp³-hybridized carbons (Fsp3) is 0.591. The van der Waals surface area contributed by atoms with Crippen LogP contribution in [0.2, 0.25) is 0 Å². The van der Waals surface area contributed by atoms with Crippen LogP contribution >= 0.6 is 0 Å². The van der Waals surface area contributed by atoms with Gasteiger partial charge in [-0.15, -0.1) is 0 Å². The van der Waals surface area contributed by atoms with Crippen LogP contribution in [0.4, 0.5) is 5.69 Å². The van der Waals surface area contributed by atoms with Gasteiger partial charge in [0.05, 0.1) is 26.2 Å². The van der Waals surface area contributed by atoms with E-state index in [1.807, 2.05) is 31.2 Å². The molecular formula is C22H33N3O5. The van der Waals surface area contributed by atoms with Crippen LogP contribution in [0.3, 0.4) is 0 Å². The topological polar surface area (TPSA) is 97.0 Å². The van der Waals surface area contributed by atoms with Crippen LogP contribution in [0.15, 0.2) is 24.3 Å². The highest BCUT2D eigenvalue weighted by Gasteiger charge is 2.34. The van der Waals surface area contributed by atoms with Crippen molar-refractivity contribution in [3.05, 3.63) is 24.3 Å². The standard InChI is InChI=1S/C22H33N3O5/c1-4-11-30-21(27)14-19-22(28)23-9-10-25(19)20(26)15-24-17-6-5-7-18(13-17)29-12-8-16(2)3/h5-7,13,16,19,24H,4,8-12,14-15H2,1-3H3,(H,23,28). The average molecular weight is 420 g/mol. The molecule has 2 N–H and O–H groups in total. The molecule has 0 saturated carbocycles. The van der Waals surface area contributed by atoms with Crippen molar-refractivity contribution < 1.29 is 23.9 Å². The number of carbonyl (C=O) groups excluding carboxylic acids is 3. The Morgan fingerprint density at radius 1 is 1.30 bits per heavy atom. The quantitative estimate of drug-likeness (QED) is 0.534. The lowest BCUT2D eigenvalue weighted by atomic mass is 10.1. The van der Waals surface area contributed by atoms with Gasteiger partial charge in [-0.1, -0.05) is 26.8 Å². The Kier molecular flexibility index (Phi) is 9.44. The molecular weight excluding hydrogens is 386 g/mol. The minimum absolute atomic E-state index is 0.0171. The molecule has 1 heterocycles. The van der Waals surface area contributed by atoms with Crippen LogP contribution in [0.25, 0.3) is 0 Å². The maximum atomic E-state index is 12.8. The van der Waals surface area contributed by atoms with Crippen LogP contribution in [-0.2, 0) is 19.1 Å². The SMILES string of the molecule is CCCOC(=O)CC1C(=O)NCCN1C(=O)CNc1cccc(OCCC(C)C)c1. The van der Waals surface area contributed by atoms with E-state index < -0.39 is 12.0 Å². The maximum Gasteiger partial charge on any atom is 0.308 e. The molecule has 2 amide bonds. The monoisotopic (exact) mass is 419 g/mol. The number of nitrogens with zero attached hydrogens (tertiary/aromatic N) is 1. The van der Waals surface area contributed by atoms with Gasteiger partial charge in [-0.3, -0.25) is 14.4 Å². The molecule has 1 unspecified atom stereocenters. The summed E-state index contributed by atoms with van der Waals surface area (Å²) < 4.78 is 10.8. The first-order valence-corrected chi connectivity index (χ1v) is 10.6. The van der Waals surface area contributed by atoms with Gasteiger partial charge in [-0.05, 0) is 30.9 Å². The lowest BCUT2D eigenvalue weighted by Gasteiger charge is -2.34. The first-order valence-electron chi connectivity index (χ1n) is 10.6. The Balaban J connectivity index is 1.91. The van der Waals surface area contributed by atoms with Crippen molar-refractivity contribution in [2.45, 2.75) is 46.1 Å². The Bertz CT molecular complexity index is 722. The predicted molar refractivity (Wildman–Crippen MR) is 114 cm³/mol. The summed E-state index contributed by atoms with van der Waals surface area (Å²) in [5.41, 5.74) is 0.755. The Labute approximate surface area is 178 Å². The smallest absolute Gasteiger partial charge is 0.308 e. The molecule has 0 spiro atoms. The number of amides is 2. The number of esters is 1. The third-order valence-electron chi connectivity index (χ3n) is 4.72. The van der Waals surface area contributed by atoms with E-state index in [0.717, 1.165) is 17.9 Å². The highest BCUT2D eigenvalue weighted by molar-refractivity contribution is 5.93. The van der Waals surface area contributed by atoms with Crippen LogP contribution in [0.1, 0.15) is 40.0 Å². The van der Waals surface area contributed by atoms with Crippen molar-refractivity contribution >= 4 is 23.5 Å². The molecule has 0 bridgehead atoms. The number of hydrogen-bond acceptors (Lipinski definition) is 6. The molecule has 2 rings (SSSR count). The van der Waals surface area contributed by atoms with E-state index in [1.54, 1.807) is 0 Å². The Morgan fingerprint density at radius 2 is 2.10 bits per heavy atom. The number of benzene rings is 1. The van der Waals surface area contributed by atoms with Gasteiger partial charge in [0.2, 0.25) is 11.8 Å². The zero-order chi connectivity index (χ0) is 21.9. The largest absolute Gasteiger partial charge is 0.494 e. The summed E-state index contributed by atoms with van der Waals surface area (Å²) in [5.74, 6) is 0.253. The number of nitrogens with one attached hydrogen (secondary N) is 2. The molecule has 1 atom stereocenters. The lowest BCUT2D eigenvalue weighted by molar-refractivity contribution is -0.151. The third-order valence-corrected chi connectivity index (χ3v) is 4.72.